The highest BCUT2D eigenvalue weighted by Crippen LogP contribution is 2.20. The molecule has 3 rings (SSSR count). The van der Waals surface area contributed by atoms with Crippen LogP contribution in [-0.4, -0.2) is 24.5 Å². The molecule has 1 fully saturated rings. The Labute approximate surface area is 157 Å². The van der Waals surface area contributed by atoms with Crippen LogP contribution in [0.2, 0.25) is 5.02 Å². The van der Waals surface area contributed by atoms with Gasteiger partial charge in [-0.3, -0.25) is 4.79 Å². The molecule has 1 heterocycles. The van der Waals surface area contributed by atoms with Gasteiger partial charge in [-0.1, -0.05) is 35.9 Å². The van der Waals surface area contributed by atoms with Gasteiger partial charge in [0.15, 0.2) is 0 Å². The van der Waals surface area contributed by atoms with Gasteiger partial charge in [0.25, 0.3) is 0 Å². The van der Waals surface area contributed by atoms with Gasteiger partial charge in [0.05, 0.1) is 16.8 Å². The minimum Gasteiger partial charge on any atom is -0.334 e. The Balaban J connectivity index is 1.52. The summed E-state index contributed by atoms with van der Waals surface area (Å²) in [5, 5.41) is 12.0. The average Bonchev–Trinajstić information content (AvgIpc) is 3.17. The van der Waals surface area contributed by atoms with Crippen molar-refractivity contribution < 1.29 is 9.59 Å². The van der Waals surface area contributed by atoms with Crippen molar-refractivity contribution in [3.05, 3.63) is 59.1 Å². The third-order valence-corrected chi connectivity index (χ3v) is 4.48. The van der Waals surface area contributed by atoms with Crippen molar-refractivity contribution in [3.8, 4) is 0 Å². The number of carbonyl (C=O) groups is 2. The van der Waals surface area contributed by atoms with Crippen LogP contribution in [-0.2, 0) is 11.3 Å². The molecule has 7 heteroatoms. The molecule has 0 spiro atoms. The van der Waals surface area contributed by atoms with Crippen molar-refractivity contribution in [1.29, 1.82) is 0 Å². The van der Waals surface area contributed by atoms with Gasteiger partial charge >= 0.3 is 6.03 Å². The zero-order valence-electron chi connectivity index (χ0n) is 14.2. The number of urea groups is 1. The van der Waals surface area contributed by atoms with Crippen molar-refractivity contribution in [2.45, 2.75) is 25.4 Å². The number of para-hydroxylation sites is 1. The third kappa shape index (κ3) is 4.97. The van der Waals surface area contributed by atoms with Gasteiger partial charge in [0.1, 0.15) is 0 Å². The summed E-state index contributed by atoms with van der Waals surface area (Å²) >= 11 is 6.02. The SMILES string of the molecule is O=C(NCc1cccc(NC(=O)C2CCCN2)c1)Nc1ccccc1Cl. The number of halogens is 1. The summed E-state index contributed by atoms with van der Waals surface area (Å²) < 4.78 is 0. The van der Waals surface area contributed by atoms with Crippen molar-refractivity contribution in [1.82, 2.24) is 10.6 Å². The van der Waals surface area contributed by atoms with Crippen molar-refractivity contribution in [2.24, 2.45) is 0 Å². The summed E-state index contributed by atoms with van der Waals surface area (Å²) in [7, 11) is 0. The Hall–Kier alpha value is -2.57. The molecule has 1 saturated heterocycles. The van der Waals surface area contributed by atoms with Crippen LogP contribution in [0.3, 0.4) is 0 Å². The smallest absolute Gasteiger partial charge is 0.319 e. The predicted molar refractivity (Wildman–Crippen MR) is 103 cm³/mol. The van der Waals surface area contributed by atoms with Gasteiger partial charge < -0.3 is 21.3 Å². The Morgan fingerprint density at radius 2 is 1.96 bits per heavy atom. The van der Waals surface area contributed by atoms with Crippen LogP contribution in [0, 0.1) is 0 Å². The van der Waals surface area contributed by atoms with Gasteiger partial charge in [0, 0.05) is 12.2 Å². The molecule has 1 aliphatic heterocycles. The third-order valence-electron chi connectivity index (χ3n) is 4.15. The fourth-order valence-electron chi connectivity index (χ4n) is 2.81. The quantitative estimate of drug-likeness (QED) is 0.649. The van der Waals surface area contributed by atoms with E-state index < -0.39 is 0 Å². The molecule has 1 aliphatic rings. The molecule has 0 radical (unpaired) electrons. The molecule has 26 heavy (non-hydrogen) atoms. The molecular weight excluding hydrogens is 352 g/mol. The maximum Gasteiger partial charge on any atom is 0.319 e. The van der Waals surface area contributed by atoms with Crippen LogP contribution in [0.5, 0.6) is 0 Å². The van der Waals surface area contributed by atoms with E-state index in [-0.39, 0.29) is 18.0 Å². The summed E-state index contributed by atoms with van der Waals surface area (Å²) in [5.74, 6) is -0.0240. The standard InChI is InChI=1S/C19H21ClN4O2/c20-15-7-1-2-8-16(15)24-19(26)22-12-13-5-3-6-14(11-13)23-18(25)17-9-4-10-21-17/h1-3,5-8,11,17,21H,4,9-10,12H2,(H,23,25)(H2,22,24,26). The number of hydrogen-bond acceptors (Lipinski definition) is 3. The molecule has 0 aromatic heterocycles. The van der Waals surface area contributed by atoms with Gasteiger partial charge in [-0.15, -0.1) is 0 Å². The molecule has 2 aromatic rings. The molecule has 0 aliphatic carbocycles. The van der Waals surface area contributed by atoms with E-state index in [1.54, 1.807) is 24.3 Å². The Morgan fingerprint density at radius 3 is 2.73 bits per heavy atom. The highest BCUT2D eigenvalue weighted by Gasteiger charge is 2.21. The molecule has 1 unspecified atom stereocenters. The maximum atomic E-state index is 12.2. The minimum absolute atomic E-state index is 0.0240. The molecule has 0 bridgehead atoms. The number of amides is 3. The van der Waals surface area contributed by atoms with Crippen molar-refractivity contribution >= 4 is 34.9 Å². The minimum atomic E-state index is -0.345. The van der Waals surface area contributed by atoms with E-state index in [1.807, 2.05) is 24.3 Å². The molecule has 1 atom stereocenters. The van der Waals surface area contributed by atoms with Crippen LogP contribution in [0.15, 0.2) is 48.5 Å². The topological polar surface area (TPSA) is 82.3 Å². The summed E-state index contributed by atoms with van der Waals surface area (Å²) in [5.41, 5.74) is 2.16. The van der Waals surface area contributed by atoms with Gasteiger partial charge in [-0.05, 0) is 49.2 Å². The number of anilines is 2. The zero-order chi connectivity index (χ0) is 18.4. The fourth-order valence-corrected chi connectivity index (χ4v) is 2.99. The second-order valence-electron chi connectivity index (χ2n) is 6.13. The highest BCUT2D eigenvalue weighted by atomic mass is 35.5. The summed E-state index contributed by atoms with van der Waals surface area (Å²) in [6, 6.07) is 14.0. The lowest BCUT2D eigenvalue weighted by Crippen LogP contribution is -2.35. The summed E-state index contributed by atoms with van der Waals surface area (Å²) in [6.45, 7) is 1.21. The number of rotatable bonds is 5. The second kappa shape index (κ2) is 8.69. The van der Waals surface area contributed by atoms with Crippen LogP contribution in [0.1, 0.15) is 18.4 Å². The maximum absolute atomic E-state index is 12.2. The van der Waals surface area contributed by atoms with E-state index in [4.69, 9.17) is 11.6 Å². The molecule has 136 valence electrons. The predicted octanol–water partition coefficient (Wildman–Crippen LogP) is 3.35. The zero-order valence-corrected chi connectivity index (χ0v) is 15.0. The monoisotopic (exact) mass is 372 g/mol. The van der Waals surface area contributed by atoms with E-state index in [0.29, 0.717) is 17.3 Å². The van der Waals surface area contributed by atoms with Crippen molar-refractivity contribution in [3.63, 3.8) is 0 Å². The first-order valence-electron chi connectivity index (χ1n) is 8.54. The van der Waals surface area contributed by atoms with Crippen molar-refractivity contribution in [2.75, 3.05) is 17.2 Å². The van der Waals surface area contributed by atoms with Crippen LogP contribution in [0.4, 0.5) is 16.2 Å². The first-order valence-corrected chi connectivity index (χ1v) is 8.92. The Kier molecular flexibility index (Phi) is 6.09. The average molecular weight is 373 g/mol. The van der Waals surface area contributed by atoms with E-state index in [2.05, 4.69) is 21.3 Å². The van der Waals surface area contributed by atoms with Gasteiger partial charge in [-0.25, -0.2) is 4.79 Å². The number of nitrogens with one attached hydrogen (secondary N) is 4. The molecule has 3 amide bonds. The molecule has 2 aromatic carbocycles. The van der Waals surface area contributed by atoms with Gasteiger partial charge in [0.2, 0.25) is 5.91 Å². The van der Waals surface area contributed by atoms with Gasteiger partial charge in [-0.2, -0.15) is 0 Å². The van der Waals surface area contributed by atoms with Crippen LogP contribution < -0.4 is 21.3 Å². The molecular formula is C19H21ClN4O2. The normalized spacial score (nSPS) is 16.1. The first-order chi connectivity index (χ1) is 12.6. The number of carbonyl (C=O) groups excluding carboxylic acids is 2. The Bertz CT molecular complexity index is 791. The fraction of sp³-hybridized carbons (Fsp3) is 0.263. The lowest BCUT2D eigenvalue weighted by molar-refractivity contribution is -0.117. The second-order valence-corrected chi connectivity index (χ2v) is 6.53. The number of hydrogen-bond donors (Lipinski definition) is 4. The van der Waals surface area contributed by atoms with E-state index in [9.17, 15) is 9.59 Å². The lowest BCUT2D eigenvalue weighted by atomic mass is 10.1. The summed E-state index contributed by atoms with van der Waals surface area (Å²) in [4.78, 5) is 24.2. The highest BCUT2D eigenvalue weighted by molar-refractivity contribution is 6.33. The summed E-state index contributed by atoms with van der Waals surface area (Å²) in [6.07, 6.45) is 1.87. The first kappa shape index (κ1) is 18.2. The van der Waals surface area contributed by atoms with E-state index >= 15 is 0 Å². The molecule has 4 N–H and O–H groups in total. The molecule has 0 saturated carbocycles. The lowest BCUT2D eigenvalue weighted by Gasteiger charge is -2.12. The largest absolute Gasteiger partial charge is 0.334 e. The Morgan fingerprint density at radius 1 is 1.12 bits per heavy atom. The van der Waals surface area contributed by atoms with E-state index in [1.165, 1.54) is 0 Å². The number of benzene rings is 2. The van der Waals surface area contributed by atoms with E-state index in [0.717, 1.165) is 30.6 Å². The van der Waals surface area contributed by atoms with Crippen LogP contribution in [0.25, 0.3) is 0 Å². The molecule has 6 nitrogen and oxygen atoms in total. The van der Waals surface area contributed by atoms with Crippen LogP contribution >= 0.6 is 11.6 Å².